The molecule has 0 radical (unpaired) electrons. The summed E-state index contributed by atoms with van der Waals surface area (Å²) in [6, 6.07) is 15.1. The normalized spacial score (nSPS) is 11.6. The first-order valence-corrected chi connectivity index (χ1v) is 9.16. The van der Waals surface area contributed by atoms with Gasteiger partial charge in [0.1, 0.15) is 0 Å². The fourth-order valence-electron chi connectivity index (χ4n) is 2.67. The van der Waals surface area contributed by atoms with Crippen LogP contribution < -0.4 is 10.6 Å². The van der Waals surface area contributed by atoms with Crippen molar-refractivity contribution in [3.05, 3.63) is 65.2 Å². The number of carbonyl (C=O) groups excluding carboxylic acids is 3. The molecule has 2 aromatic carbocycles. The minimum absolute atomic E-state index is 0.264. The van der Waals surface area contributed by atoms with E-state index in [0.717, 1.165) is 5.56 Å². The molecule has 0 saturated heterocycles. The molecule has 0 unspecified atom stereocenters. The number of para-hydroxylation sites is 1. The number of aromatic nitrogens is 1. The molecule has 0 spiro atoms. The zero-order valence-electron chi connectivity index (χ0n) is 15.7. The quantitative estimate of drug-likeness (QED) is 0.640. The molecule has 0 saturated carbocycles. The predicted molar refractivity (Wildman–Crippen MR) is 110 cm³/mol. The number of rotatable bonds is 4. The van der Waals surface area contributed by atoms with Crippen LogP contribution in [0.15, 0.2) is 54.6 Å². The van der Waals surface area contributed by atoms with Crippen LogP contribution in [-0.4, -0.2) is 36.0 Å². The standard InChI is InChI=1S/C21H18ClN3O4/c1-12(19(26)25-21(28)23-2)29-20(27)16-11-18(13-7-9-14(22)10-8-13)24-17-6-4-3-5-15(16)17/h3-12H,1-2H3,(H2,23,25,26,28)/t12-/m0/s1. The molecule has 1 heterocycles. The minimum atomic E-state index is -1.16. The molecule has 2 N–H and O–H groups in total. The average molecular weight is 412 g/mol. The topological polar surface area (TPSA) is 97.4 Å². The average Bonchev–Trinajstić information content (AvgIpc) is 2.73. The number of carbonyl (C=O) groups is 3. The molecule has 0 aliphatic carbocycles. The highest BCUT2D eigenvalue weighted by atomic mass is 35.5. The molecule has 0 aliphatic rings. The molecule has 3 aromatic rings. The van der Waals surface area contributed by atoms with Crippen molar-refractivity contribution in [2.45, 2.75) is 13.0 Å². The Hall–Kier alpha value is -3.45. The maximum Gasteiger partial charge on any atom is 0.339 e. The van der Waals surface area contributed by atoms with Gasteiger partial charge in [0.25, 0.3) is 5.91 Å². The first-order chi connectivity index (χ1) is 13.9. The number of pyridine rings is 1. The molecule has 0 bridgehead atoms. The molecular weight excluding hydrogens is 394 g/mol. The summed E-state index contributed by atoms with van der Waals surface area (Å²) in [4.78, 5) is 40.7. The van der Waals surface area contributed by atoms with Gasteiger partial charge in [-0.3, -0.25) is 10.1 Å². The summed E-state index contributed by atoms with van der Waals surface area (Å²) in [5.41, 5.74) is 2.21. The fraction of sp³-hybridized carbons (Fsp3) is 0.143. The largest absolute Gasteiger partial charge is 0.449 e. The maximum atomic E-state index is 12.8. The molecule has 0 aliphatic heterocycles. The first kappa shape index (κ1) is 20.3. The van der Waals surface area contributed by atoms with E-state index in [1.807, 2.05) is 6.07 Å². The van der Waals surface area contributed by atoms with E-state index in [2.05, 4.69) is 15.6 Å². The van der Waals surface area contributed by atoms with Crippen molar-refractivity contribution in [1.82, 2.24) is 15.6 Å². The van der Waals surface area contributed by atoms with Crippen LogP contribution >= 0.6 is 11.6 Å². The smallest absolute Gasteiger partial charge is 0.339 e. The Labute approximate surface area is 172 Å². The van der Waals surface area contributed by atoms with E-state index in [-0.39, 0.29) is 5.56 Å². The number of benzene rings is 2. The summed E-state index contributed by atoms with van der Waals surface area (Å²) in [6.07, 6.45) is -1.16. The lowest BCUT2D eigenvalue weighted by atomic mass is 10.0. The fourth-order valence-corrected chi connectivity index (χ4v) is 2.79. The van der Waals surface area contributed by atoms with E-state index < -0.39 is 24.0 Å². The Balaban J connectivity index is 1.95. The first-order valence-electron chi connectivity index (χ1n) is 8.78. The van der Waals surface area contributed by atoms with Gasteiger partial charge in [-0.2, -0.15) is 0 Å². The number of esters is 1. The number of fused-ring (bicyclic) bond motifs is 1. The number of imide groups is 1. The third-order valence-electron chi connectivity index (χ3n) is 4.19. The lowest BCUT2D eigenvalue weighted by molar-refractivity contribution is -0.127. The van der Waals surface area contributed by atoms with Crippen molar-refractivity contribution in [3.8, 4) is 11.3 Å². The van der Waals surface area contributed by atoms with Gasteiger partial charge in [0, 0.05) is 23.0 Å². The van der Waals surface area contributed by atoms with Gasteiger partial charge in [-0.25, -0.2) is 14.6 Å². The zero-order valence-corrected chi connectivity index (χ0v) is 16.5. The molecule has 1 aromatic heterocycles. The van der Waals surface area contributed by atoms with Gasteiger partial charge in [-0.05, 0) is 31.2 Å². The van der Waals surface area contributed by atoms with Crippen LogP contribution in [0.4, 0.5) is 4.79 Å². The lowest BCUT2D eigenvalue weighted by Crippen LogP contribution is -2.43. The molecule has 8 heteroatoms. The molecule has 3 rings (SSSR count). The van der Waals surface area contributed by atoms with Crippen LogP contribution in [0.25, 0.3) is 22.2 Å². The zero-order chi connectivity index (χ0) is 21.0. The summed E-state index contributed by atoms with van der Waals surface area (Å²) in [5.74, 6) is -1.42. The highest BCUT2D eigenvalue weighted by Gasteiger charge is 2.22. The second kappa shape index (κ2) is 8.70. The molecular formula is C21H18ClN3O4. The number of urea groups is 1. The lowest BCUT2D eigenvalue weighted by Gasteiger charge is -2.14. The summed E-state index contributed by atoms with van der Waals surface area (Å²) in [6.45, 7) is 1.39. The number of halogens is 1. The number of amides is 3. The molecule has 29 heavy (non-hydrogen) atoms. The van der Waals surface area contributed by atoms with Gasteiger partial charge in [-0.15, -0.1) is 0 Å². The third-order valence-corrected chi connectivity index (χ3v) is 4.44. The van der Waals surface area contributed by atoms with E-state index >= 15 is 0 Å². The van der Waals surface area contributed by atoms with Crippen LogP contribution in [-0.2, 0) is 9.53 Å². The predicted octanol–water partition coefficient (Wildman–Crippen LogP) is 3.56. The Kier molecular flexibility index (Phi) is 6.09. The summed E-state index contributed by atoms with van der Waals surface area (Å²) in [5, 5.41) is 5.52. The Bertz CT molecular complexity index is 1080. The Morgan fingerprint density at radius 3 is 2.45 bits per heavy atom. The van der Waals surface area contributed by atoms with E-state index in [9.17, 15) is 14.4 Å². The maximum absolute atomic E-state index is 12.8. The highest BCUT2D eigenvalue weighted by Crippen LogP contribution is 2.26. The van der Waals surface area contributed by atoms with Crippen molar-refractivity contribution in [1.29, 1.82) is 0 Å². The molecule has 7 nitrogen and oxygen atoms in total. The van der Waals surface area contributed by atoms with E-state index in [1.54, 1.807) is 48.5 Å². The third kappa shape index (κ3) is 4.70. The molecule has 0 fully saturated rings. The summed E-state index contributed by atoms with van der Waals surface area (Å²) < 4.78 is 5.28. The van der Waals surface area contributed by atoms with Crippen LogP contribution in [0.1, 0.15) is 17.3 Å². The van der Waals surface area contributed by atoms with Crippen molar-refractivity contribution < 1.29 is 19.1 Å². The van der Waals surface area contributed by atoms with Crippen molar-refractivity contribution in [2.75, 3.05) is 7.05 Å². The van der Waals surface area contributed by atoms with Crippen LogP contribution in [0.3, 0.4) is 0 Å². The van der Waals surface area contributed by atoms with Crippen molar-refractivity contribution in [2.24, 2.45) is 0 Å². The van der Waals surface area contributed by atoms with Crippen molar-refractivity contribution in [3.63, 3.8) is 0 Å². The van der Waals surface area contributed by atoms with Gasteiger partial charge in [0.15, 0.2) is 6.10 Å². The van der Waals surface area contributed by atoms with Gasteiger partial charge in [0.2, 0.25) is 0 Å². The van der Waals surface area contributed by atoms with E-state index in [4.69, 9.17) is 16.3 Å². The summed E-state index contributed by atoms with van der Waals surface area (Å²) >= 11 is 5.95. The molecule has 148 valence electrons. The highest BCUT2D eigenvalue weighted by molar-refractivity contribution is 6.30. The number of nitrogens with one attached hydrogen (secondary N) is 2. The number of hydrogen-bond donors (Lipinski definition) is 2. The number of nitrogens with zero attached hydrogens (tertiary/aromatic N) is 1. The monoisotopic (exact) mass is 411 g/mol. The molecule has 3 amide bonds. The number of ether oxygens (including phenoxy) is 1. The van der Waals surface area contributed by atoms with Gasteiger partial charge in [0.05, 0.1) is 16.8 Å². The van der Waals surface area contributed by atoms with Crippen molar-refractivity contribution >= 4 is 40.4 Å². The molecule has 1 atom stereocenters. The van der Waals surface area contributed by atoms with Gasteiger partial charge < -0.3 is 10.1 Å². The Morgan fingerprint density at radius 2 is 1.76 bits per heavy atom. The van der Waals surface area contributed by atoms with Crippen LogP contribution in [0, 0.1) is 0 Å². The number of hydrogen-bond acceptors (Lipinski definition) is 5. The van der Waals surface area contributed by atoms with E-state index in [1.165, 1.54) is 14.0 Å². The SMILES string of the molecule is CNC(=O)NC(=O)[C@H](C)OC(=O)c1cc(-c2ccc(Cl)cc2)nc2ccccc12. The summed E-state index contributed by atoms with van der Waals surface area (Å²) in [7, 11) is 1.38. The minimum Gasteiger partial charge on any atom is -0.449 e. The Morgan fingerprint density at radius 1 is 1.07 bits per heavy atom. The second-order valence-electron chi connectivity index (χ2n) is 6.20. The second-order valence-corrected chi connectivity index (χ2v) is 6.63. The van der Waals surface area contributed by atoms with Gasteiger partial charge >= 0.3 is 12.0 Å². The van der Waals surface area contributed by atoms with E-state index in [0.29, 0.717) is 21.6 Å². The van der Waals surface area contributed by atoms with Crippen LogP contribution in [0.5, 0.6) is 0 Å². The van der Waals surface area contributed by atoms with Gasteiger partial charge in [-0.1, -0.05) is 41.9 Å². The van der Waals surface area contributed by atoms with Crippen LogP contribution in [0.2, 0.25) is 5.02 Å².